The van der Waals surface area contributed by atoms with E-state index >= 15 is 0 Å². The van der Waals surface area contributed by atoms with Gasteiger partial charge in [-0.2, -0.15) is 5.10 Å². The maximum absolute atomic E-state index is 12.0. The zero-order chi connectivity index (χ0) is 20.8. The molecule has 2 aromatic heterocycles. The van der Waals surface area contributed by atoms with Crippen LogP contribution < -0.4 is 21.3 Å². The number of aromatic amines is 1. The van der Waals surface area contributed by atoms with Gasteiger partial charge < -0.3 is 14.6 Å². The van der Waals surface area contributed by atoms with Crippen molar-refractivity contribution in [3.05, 3.63) is 80.7 Å². The maximum atomic E-state index is 12.0. The number of amides is 1. The molecule has 10 nitrogen and oxygen atoms in total. The van der Waals surface area contributed by atoms with E-state index in [0.29, 0.717) is 17.4 Å². The zero-order valence-corrected chi connectivity index (χ0v) is 16.0. The van der Waals surface area contributed by atoms with Crippen LogP contribution in [-0.4, -0.2) is 30.2 Å². The van der Waals surface area contributed by atoms with Crippen molar-refractivity contribution in [3.63, 3.8) is 0 Å². The molecule has 150 valence electrons. The predicted molar refractivity (Wildman–Crippen MR) is 105 cm³/mol. The molecule has 0 aliphatic heterocycles. The van der Waals surface area contributed by atoms with Gasteiger partial charge in [-0.05, 0) is 18.2 Å². The van der Waals surface area contributed by atoms with Crippen LogP contribution >= 0.6 is 0 Å². The summed E-state index contributed by atoms with van der Waals surface area (Å²) in [5.74, 6) is 1.22. The minimum Gasteiger partial charge on any atom is -0.486 e. The summed E-state index contributed by atoms with van der Waals surface area (Å²) in [6.07, 6.45) is 3.95. The Morgan fingerprint density at radius 3 is 2.76 bits per heavy atom. The van der Waals surface area contributed by atoms with Crippen LogP contribution in [-0.2, 0) is 32.0 Å². The topological polar surface area (TPSA) is 124 Å². The first kappa shape index (κ1) is 19.8. The van der Waals surface area contributed by atoms with Gasteiger partial charge in [0.1, 0.15) is 12.4 Å². The lowest BCUT2D eigenvalue weighted by Gasteiger charge is -2.03. The Hall–Kier alpha value is -3.95. The van der Waals surface area contributed by atoms with Crippen LogP contribution in [0.4, 0.5) is 0 Å². The SMILES string of the molecule is Cn1cc(/C=C/C(=O)NCc2n[nH]c(COc3ccccc3)n2)c(=O)n(C)c1=O. The number of rotatable bonds is 7. The number of carbonyl (C=O) groups is 1. The molecule has 1 aromatic carbocycles. The fourth-order valence-electron chi connectivity index (χ4n) is 2.49. The smallest absolute Gasteiger partial charge is 0.330 e. The normalized spacial score (nSPS) is 11.0. The monoisotopic (exact) mass is 396 g/mol. The van der Waals surface area contributed by atoms with Crippen molar-refractivity contribution in [1.29, 1.82) is 0 Å². The van der Waals surface area contributed by atoms with Crippen molar-refractivity contribution in [2.45, 2.75) is 13.2 Å². The molecule has 0 aliphatic carbocycles. The number of aromatic nitrogens is 5. The highest BCUT2D eigenvalue weighted by molar-refractivity contribution is 5.91. The van der Waals surface area contributed by atoms with Gasteiger partial charge in [-0.3, -0.25) is 19.3 Å². The fourth-order valence-corrected chi connectivity index (χ4v) is 2.49. The molecule has 0 aliphatic rings. The van der Waals surface area contributed by atoms with E-state index in [1.165, 1.54) is 37.0 Å². The Morgan fingerprint density at radius 1 is 1.24 bits per heavy atom. The molecule has 0 saturated heterocycles. The zero-order valence-electron chi connectivity index (χ0n) is 16.0. The molecule has 0 bridgehead atoms. The number of hydrogen-bond donors (Lipinski definition) is 2. The Kier molecular flexibility index (Phi) is 6.03. The number of hydrogen-bond acceptors (Lipinski definition) is 6. The number of nitrogens with one attached hydrogen (secondary N) is 2. The number of nitrogens with zero attached hydrogens (tertiary/aromatic N) is 4. The fraction of sp³-hybridized carbons (Fsp3) is 0.211. The van der Waals surface area contributed by atoms with E-state index in [9.17, 15) is 14.4 Å². The lowest BCUT2D eigenvalue weighted by Crippen LogP contribution is -2.37. The largest absolute Gasteiger partial charge is 0.486 e. The van der Waals surface area contributed by atoms with Crippen LogP contribution in [0.25, 0.3) is 6.08 Å². The Bertz CT molecular complexity index is 1140. The van der Waals surface area contributed by atoms with Crippen molar-refractivity contribution in [2.75, 3.05) is 0 Å². The molecule has 0 saturated carbocycles. The molecule has 2 N–H and O–H groups in total. The summed E-state index contributed by atoms with van der Waals surface area (Å²) in [4.78, 5) is 39.9. The van der Waals surface area contributed by atoms with E-state index in [0.717, 1.165) is 4.57 Å². The van der Waals surface area contributed by atoms with Gasteiger partial charge in [0.05, 0.1) is 12.1 Å². The molecule has 3 aromatic rings. The van der Waals surface area contributed by atoms with Crippen molar-refractivity contribution in [2.24, 2.45) is 14.1 Å². The van der Waals surface area contributed by atoms with Gasteiger partial charge in [0.15, 0.2) is 11.6 Å². The molecule has 0 atom stereocenters. The van der Waals surface area contributed by atoms with Crippen molar-refractivity contribution < 1.29 is 9.53 Å². The van der Waals surface area contributed by atoms with Crippen molar-refractivity contribution in [1.82, 2.24) is 29.6 Å². The molecule has 0 radical (unpaired) electrons. The van der Waals surface area contributed by atoms with Crippen LogP contribution in [0.5, 0.6) is 5.75 Å². The van der Waals surface area contributed by atoms with E-state index in [2.05, 4.69) is 20.5 Å². The number of carbonyl (C=O) groups excluding carboxylic acids is 1. The number of para-hydroxylation sites is 1. The number of aryl methyl sites for hydroxylation is 1. The highest BCUT2D eigenvalue weighted by Crippen LogP contribution is 2.09. The summed E-state index contributed by atoms with van der Waals surface area (Å²) in [5.41, 5.74) is -0.689. The third-order valence-corrected chi connectivity index (χ3v) is 4.00. The number of H-pyrrole nitrogens is 1. The molecule has 29 heavy (non-hydrogen) atoms. The highest BCUT2D eigenvalue weighted by atomic mass is 16.5. The van der Waals surface area contributed by atoms with Crippen LogP contribution in [0.3, 0.4) is 0 Å². The first-order chi connectivity index (χ1) is 13.9. The summed E-state index contributed by atoms with van der Waals surface area (Å²) >= 11 is 0. The molecule has 10 heteroatoms. The minimum absolute atomic E-state index is 0.107. The molecular formula is C19H20N6O4. The third kappa shape index (κ3) is 5.06. The highest BCUT2D eigenvalue weighted by Gasteiger charge is 2.07. The van der Waals surface area contributed by atoms with Gasteiger partial charge >= 0.3 is 5.69 Å². The van der Waals surface area contributed by atoms with Crippen molar-refractivity contribution in [3.8, 4) is 5.75 Å². The summed E-state index contributed by atoms with van der Waals surface area (Å²) < 4.78 is 7.82. The molecule has 0 spiro atoms. The molecule has 1 amide bonds. The van der Waals surface area contributed by atoms with Crippen LogP contribution in [0.2, 0.25) is 0 Å². The van der Waals surface area contributed by atoms with Crippen LogP contribution in [0.15, 0.2) is 52.2 Å². The van der Waals surface area contributed by atoms with E-state index in [-0.39, 0.29) is 18.7 Å². The van der Waals surface area contributed by atoms with Gasteiger partial charge in [0.25, 0.3) is 5.56 Å². The van der Waals surface area contributed by atoms with E-state index in [1.807, 2.05) is 30.3 Å². The summed E-state index contributed by atoms with van der Waals surface area (Å²) in [6.45, 7) is 0.331. The summed E-state index contributed by atoms with van der Waals surface area (Å²) in [5, 5.41) is 9.40. The first-order valence-electron chi connectivity index (χ1n) is 8.74. The van der Waals surface area contributed by atoms with Crippen LogP contribution in [0.1, 0.15) is 17.2 Å². The molecular weight excluding hydrogens is 376 g/mol. The number of benzene rings is 1. The molecule has 2 heterocycles. The van der Waals surface area contributed by atoms with Gasteiger partial charge in [-0.1, -0.05) is 18.2 Å². The first-order valence-corrected chi connectivity index (χ1v) is 8.74. The standard InChI is InChI=1S/C19H20N6O4/c1-24-11-13(18(27)25(2)19(24)28)8-9-17(26)20-10-15-21-16(23-22-15)12-29-14-6-4-3-5-7-14/h3-9,11H,10,12H2,1-2H3,(H,20,26)(H,21,22,23)/b9-8+. The van der Waals surface area contributed by atoms with E-state index in [4.69, 9.17) is 4.74 Å². The van der Waals surface area contributed by atoms with Gasteiger partial charge in [0.2, 0.25) is 5.91 Å². The molecule has 0 unspecified atom stereocenters. The third-order valence-electron chi connectivity index (χ3n) is 4.00. The Labute approximate surface area is 165 Å². The molecule has 0 fully saturated rings. The second-order valence-corrected chi connectivity index (χ2v) is 6.19. The van der Waals surface area contributed by atoms with Gasteiger partial charge in [-0.15, -0.1) is 0 Å². The van der Waals surface area contributed by atoms with E-state index < -0.39 is 17.2 Å². The summed E-state index contributed by atoms with van der Waals surface area (Å²) in [7, 11) is 2.91. The quantitative estimate of drug-likeness (QED) is 0.547. The lowest BCUT2D eigenvalue weighted by atomic mass is 10.3. The predicted octanol–water partition coefficient (Wildman–Crippen LogP) is 0.111. The Balaban J connectivity index is 1.54. The maximum Gasteiger partial charge on any atom is 0.330 e. The van der Waals surface area contributed by atoms with Gasteiger partial charge in [-0.25, -0.2) is 9.78 Å². The molecule has 3 rings (SSSR count). The van der Waals surface area contributed by atoms with Gasteiger partial charge in [0, 0.05) is 26.4 Å². The van der Waals surface area contributed by atoms with Crippen molar-refractivity contribution >= 4 is 12.0 Å². The minimum atomic E-state index is -0.478. The van der Waals surface area contributed by atoms with E-state index in [1.54, 1.807) is 0 Å². The summed E-state index contributed by atoms with van der Waals surface area (Å²) in [6, 6.07) is 9.31. The average Bonchev–Trinajstić information content (AvgIpc) is 3.19. The number of ether oxygens (including phenoxy) is 1. The van der Waals surface area contributed by atoms with Crippen LogP contribution in [0, 0.1) is 0 Å². The second kappa shape index (κ2) is 8.83. The average molecular weight is 396 g/mol. The Morgan fingerprint density at radius 2 is 2.00 bits per heavy atom. The lowest BCUT2D eigenvalue weighted by molar-refractivity contribution is -0.116. The second-order valence-electron chi connectivity index (χ2n) is 6.19.